The number of aliphatic hydroxyl groups excluding tert-OH is 1. The number of ether oxygens (including phenoxy) is 1. The molecule has 1 aromatic carbocycles. The summed E-state index contributed by atoms with van der Waals surface area (Å²) < 4.78 is 37.1. The molecule has 0 unspecified atom stereocenters. The zero-order valence-electron chi connectivity index (χ0n) is 10.9. The molecule has 114 valence electrons. The van der Waals surface area contributed by atoms with Crippen molar-refractivity contribution in [3.05, 3.63) is 34.3 Å². The van der Waals surface area contributed by atoms with Crippen LogP contribution in [0.5, 0.6) is 5.88 Å². The van der Waals surface area contributed by atoms with Crippen molar-refractivity contribution in [2.45, 2.75) is 18.4 Å². The maximum absolute atomic E-state index is 12.2. The molecule has 0 aliphatic rings. The quantitative estimate of drug-likeness (QED) is 0.429. The zero-order chi connectivity index (χ0) is 15.8. The van der Waals surface area contributed by atoms with E-state index in [-0.39, 0.29) is 21.6 Å². The molecule has 0 bridgehead atoms. The van der Waals surface area contributed by atoms with Gasteiger partial charge in [0.1, 0.15) is 6.61 Å². The molecular formula is C11H12N2O7S. The van der Waals surface area contributed by atoms with E-state index in [0.717, 1.165) is 6.07 Å². The Hall–Kier alpha value is -2.17. The molecule has 1 aromatic heterocycles. The Bertz CT molecular complexity index is 804. The molecule has 0 radical (unpaired) electrons. The molecule has 0 amide bonds. The second-order valence-corrected chi connectivity index (χ2v) is 5.42. The lowest BCUT2D eigenvalue weighted by atomic mass is 10.3. The Morgan fingerprint density at radius 3 is 2.48 bits per heavy atom. The summed E-state index contributed by atoms with van der Waals surface area (Å²) in [6, 6.07) is 3.39. The van der Waals surface area contributed by atoms with E-state index in [2.05, 4.69) is 0 Å². The summed E-state index contributed by atoms with van der Waals surface area (Å²) in [7, 11) is -4.71. The van der Waals surface area contributed by atoms with Crippen LogP contribution in [-0.2, 0) is 16.7 Å². The van der Waals surface area contributed by atoms with Crippen molar-refractivity contribution < 1.29 is 32.3 Å². The third-order valence-electron chi connectivity index (χ3n) is 2.78. The molecule has 1 heterocycles. The number of hydrogen-bond donors (Lipinski definition) is 2. The number of fused-ring (bicyclic) bond motifs is 1. The van der Waals surface area contributed by atoms with Crippen LogP contribution in [0.4, 0.5) is 0 Å². The van der Waals surface area contributed by atoms with Gasteiger partial charge < -0.3 is 20.3 Å². The lowest BCUT2D eigenvalue weighted by Gasteiger charge is -2.12. The predicted octanol–water partition coefficient (Wildman–Crippen LogP) is -0.756. The topological polar surface area (TPSA) is 138 Å². The minimum absolute atomic E-state index is 0.0673. The Balaban J connectivity index is 3.02. The number of nitrogens with zero attached hydrogens (tertiary/aromatic N) is 2. The summed E-state index contributed by atoms with van der Waals surface area (Å²) >= 11 is 0. The molecule has 2 N–H and O–H groups in total. The molecule has 0 saturated heterocycles. The number of hydrogen-bond acceptors (Lipinski definition) is 6. The smallest absolute Gasteiger partial charge is 0.453 e. The number of para-hydroxylation sites is 1. The molecule has 2 aromatic rings. The van der Waals surface area contributed by atoms with Crippen LogP contribution in [0.1, 0.15) is 12.6 Å². The van der Waals surface area contributed by atoms with Crippen LogP contribution in [0, 0.1) is 10.4 Å². The summed E-state index contributed by atoms with van der Waals surface area (Å²) in [5, 5.41) is 33.6. The van der Waals surface area contributed by atoms with Gasteiger partial charge in [-0.25, -0.2) is 0 Å². The van der Waals surface area contributed by atoms with Crippen molar-refractivity contribution in [1.82, 2.24) is 0 Å². The van der Waals surface area contributed by atoms with E-state index < -0.39 is 38.7 Å². The molecule has 0 fully saturated rings. The first-order chi connectivity index (χ1) is 9.82. The Labute approximate surface area is 119 Å². The highest BCUT2D eigenvalue weighted by molar-refractivity contribution is 7.86. The first-order valence-electron chi connectivity index (χ1n) is 5.84. The lowest BCUT2D eigenvalue weighted by molar-refractivity contribution is -0.642. The van der Waals surface area contributed by atoms with Crippen LogP contribution < -0.4 is 14.2 Å². The largest absolute Gasteiger partial charge is 0.618 e. The zero-order valence-corrected chi connectivity index (χ0v) is 11.7. The summed E-state index contributed by atoms with van der Waals surface area (Å²) in [4.78, 5) is -0.725. The van der Waals surface area contributed by atoms with Gasteiger partial charge in [-0.2, -0.15) is 13.1 Å². The van der Waals surface area contributed by atoms with Gasteiger partial charge in [-0.1, -0.05) is 6.07 Å². The summed E-state index contributed by atoms with van der Waals surface area (Å²) in [5.74, 6) is -0.421. The molecule has 0 aliphatic heterocycles. The second kappa shape index (κ2) is 5.31. The van der Waals surface area contributed by atoms with E-state index >= 15 is 0 Å². The summed E-state index contributed by atoms with van der Waals surface area (Å²) in [5.41, 5.74) is -1.32. The fourth-order valence-corrected chi connectivity index (χ4v) is 2.63. The fraction of sp³-hybridized carbons (Fsp3) is 0.273. The number of aromatic nitrogens is 2. The van der Waals surface area contributed by atoms with Crippen LogP contribution in [0.2, 0.25) is 0 Å². The first kappa shape index (κ1) is 15.2. The number of aliphatic hydroxyl groups is 1. The average Bonchev–Trinajstić information content (AvgIpc) is 2.43. The van der Waals surface area contributed by atoms with Gasteiger partial charge in [-0.3, -0.25) is 4.55 Å². The van der Waals surface area contributed by atoms with Gasteiger partial charge in [-0.15, -0.1) is 4.73 Å². The van der Waals surface area contributed by atoms with E-state index in [4.69, 9.17) is 9.29 Å². The SMILES string of the molecule is CCOc1c(CO)[n+]([O-])c2c(S(=O)(=O)O)cccc2[n+]1[O-]. The summed E-state index contributed by atoms with van der Waals surface area (Å²) in [6.07, 6.45) is 0. The number of benzene rings is 1. The highest BCUT2D eigenvalue weighted by Crippen LogP contribution is 2.21. The molecule has 0 saturated carbocycles. The van der Waals surface area contributed by atoms with Gasteiger partial charge >= 0.3 is 27.2 Å². The lowest BCUT2D eigenvalue weighted by Crippen LogP contribution is -2.44. The maximum atomic E-state index is 12.2. The standard InChI is InChI=1S/C11H12N2O7S/c1-2-20-11-8(6-14)12(15)10-7(13(11)16)4-3-5-9(10)21(17,18)19/h3-5,14H,2,6H2,1H3,(H,17,18,19). The molecule has 0 spiro atoms. The van der Waals surface area contributed by atoms with Crippen molar-refractivity contribution >= 4 is 21.2 Å². The molecular weight excluding hydrogens is 304 g/mol. The second-order valence-electron chi connectivity index (χ2n) is 4.03. The minimum Gasteiger partial charge on any atom is -0.618 e. The van der Waals surface area contributed by atoms with Gasteiger partial charge in [0.2, 0.25) is 0 Å². The molecule has 21 heavy (non-hydrogen) atoms. The first-order valence-corrected chi connectivity index (χ1v) is 7.28. The van der Waals surface area contributed by atoms with Gasteiger partial charge in [0, 0.05) is 6.07 Å². The van der Waals surface area contributed by atoms with Crippen LogP contribution in [0.3, 0.4) is 0 Å². The Kier molecular flexibility index (Phi) is 3.85. The average molecular weight is 316 g/mol. The van der Waals surface area contributed by atoms with Crippen LogP contribution >= 0.6 is 0 Å². The highest BCUT2D eigenvalue weighted by Gasteiger charge is 2.33. The molecule has 10 heteroatoms. The van der Waals surface area contributed by atoms with Crippen molar-refractivity contribution in [1.29, 1.82) is 0 Å². The van der Waals surface area contributed by atoms with E-state index in [1.165, 1.54) is 12.1 Å². The Morgan fingerprint density at radius 2 is 1.95 bits per heavy atom. The molecule has 9 nitrogen and oxygen atoms in total. The predicted molar refractivity (Wildman–Crippen MR) is 68.8 cm³/mol. The maximum Gasteiger partial charge on any atom is 0.453 e. The van der Waals surface area contributed by atoms with Gasteiger partial charge in [0.25, 0.3) is 5.52 Å². The highest BCUT2D eigenvalue weighted by atomic mass is 32.2. The monoisotopic (exact) mass is 316 g/mol. The van der Waals surface area contributed by atoms with Crippen LogP contribution in [-0.4, -0.2) is 24.7 Å². The van der Waals surface area contributed by atoms with Crippen molar-refractivity contribution in [3.63, 3.8) is 0 Å². The van der Waals surface area contributed by atoms with Crippen LogP contribution in [0.15, 0.2) is 23.1 Å². The van der Waals surface area contributed by atoms with Gasteiger partial charge in [-0.05, 0) is 13.0 Å². The fourth-order valence-electron chi connectivity index (χ4n) is 1.95. The Morgan fingerprint density at radius 1 is 1.29 bits per heavy atom. The summed E-state index contributed by atoms with van der Waals surface area (Å²) in [6.45, 7) is 0.810. The normalized spacial score (nSPS) is 11.8. The van der Waals surface area contributed by atoms with Gasteiger partial charge in [0.15, 0.2) is 4.90 Å². The van der Waals surface area contributed by atoms with Crippen LogP contribution in [0.25, 0.3) is 11.0 Å². The molecule has 2 rings (SSSR count). The van der Waals surface area contributed by atoms with Gasteiger partial charge in [0.05, 0.1) is 6.61 Å². The van der Waals surface area contributed by atoms with Crippen molar-refractivity contribution in [2.75, 3.05) is 6.61 Å². The third-order valence-corrected chi connectivity index (χ3v) is 3.67. The minimum atomic E-state index is -4.71. The van der Waals surface area contributed by atoms with E-state index in [0.29, 0.717) is 0 Å². The molecule has 0 atom stereocenters. The van der Waals surface area contributed by atoms with Crippen molar-refractivity contribution in [3.8, 4) is 5.88 Å². The van der Waals surface area contributed by atoms with E-state index in [1.807, 2.05) is 0 Å². The van der Waals surface area contributed by atoms with Crippen molar-refractivity contribution in [2.24, 2.45) is 0 Å². The van der Waals surface area contributed by atoms with E-state index in [1.54, 1.807) is 6.92 Å². The van der Waals surface area contributed by atoms with E-state index in [9.17, 15) is 23.9 Å². The molecule has 0 aliphatic carbocycles. The third kappa shape index (κ3) is 2.44. The number of rotatable bonds is 4.